The Balaban J connectivity index is 1.91. The number of halogens is 2. The van der Waals surface area contributed by atoms with Crippen LogP contribution in [0, 0.1) is 12.7 Å². The van der Waals surface area contributed by atoms with E-state index >= 15 is 0 Å². The molecule has 1 aliphatic rings. The third kappa shape index (κ3) is 5.08. The minimum atomic E-state index is -0.935. The maximum absolute atomic E-state index is 14.4. The molecule has 3 rings (SSSR count). The molecule has 0 spiro atoms. The van der Waals surface area contributed by atoms with Crippen LogP contribution >= 0.6 is 11.6 Å². The summed E-state index contributed by atoms with van der Waals surface area (Å²) in [5.74, 6) is -2.62. The predicted molar refractivity (Wildman–Crippen MR) is 115 cm³/mol. The zero-order valence-electron chi connectivity index (χ0n) is 17.0. The largest absolute Gasteiger partial charge is 0.366 e. The van der Waals surface area contributed by atoms with Crippen LogP contribution in [-0.4, -0.2) is 40.2 Å². The van der Waals surface area contributed by atoms with Gasteiger partial charge in [0.1, 0.15) is 12.6 Å². The summed E-state index contributed by atoms with van der Waals surface area (Å²) in [6, 6.07) is 7.67. The molecule has 2 aromatic rings. The molecule has 1 aromatic heterocycles. The third-order valence-electron chi connectivity index (χ3n) is 5.13. The summed E-state index contributed by atoms with van der Waals surface area (Å²) in [6.07, 6.45) is 1.44. The number of primary amides is 1. The highest BCUT2D eigenvalue weighted by Crippen LogP contribution is 2.27. The molecule has 3 amide bonds. The number of hydrogen-bond acceptors (Lipinski definition) is 4. The molecular formula is C22H22ClFN4O3. The Hall–Kier alpha value is -3.26. The number of piperazine rings is 1. The van der Waals surface area contributed by atoms with Crippen molar-refractivity contribution in [1.82, 2.24) is 9.88 Å². The Labute approximate surface area is 184 Å². The SMILES string of the molecule is C=C(CCC1C(=O)N(c2ncc(Cl)cc2F)CC(=O)N1Cc1ccc(C)cc1)C(N)=O. The number of hydrogen-bond donors (Lipinski definition) is 1. The normalized spacial score (nSPS) is 16.5. The summed E-state index contributed by atoms with van der Waals surface area (Å²) >= 11 is 5.75. The number of pyridine rings is 1. The van der Waals surface area contributed by atoms with Gasteiger partial charge in [0.15, 0.2) is 11.6 Å². The molecule has 1 aromatic carbocycles. The monoisotopic (exact) mass is 444 g/mol. The molecule has 0 radical (unpaired) electrons. The third-order valence-corrected chi connectivity index (χ3v) is 5.33. The number of carbonyl (C=O) groups excluding carboxylic acids is 3. The Morgan fingerprint density at radius 1 is 1.32 bits per heavy atom. The number of benzene rings is 1. The minimum Gasteiger partial charge on any atom is -0.366 e. The van der Waals surface area contributed by atoms with Gasteiger partial charge in [-0.1, -0.05) is 48.0 Å². The van der Waals surface area contributed by atoms with Crippen LogP contribution in [0.25, 0.3) is 0 Å². The van der Waals surface area contributed by atoms with E-state index in [4.69, 9.17) is 17.3 Å². The first-order chi connectivity index (χ1) is 14.7. The van der Waals surface area contributed by atoms with Gasteiger partial charge >= 0.3 is 0 Å². The fraction of sp³-hybridized carbons (Fsp3) is 0.273. The van der Waals surface area contributed by atoms with Gasteiger partial charge in [0, 0.05) is 18.3 Å². The van der Waals surface area contributed by atoms with Crippen LogP contribution in [0.3, 0.4) is 0 Å². The Morgan fingerprint density at radius 2 is 2.00 bits per heavy atom. The van der Waals surface area contributed by atoms with Crippen molar-refractivity contribution >= 4 is 35.1 Å². The van der Waals surface area contributed by atoms with Crippen molar-refractivity contribution < 1.29 is 18.8 Å². The van der Waals surface area contributed by atoms with Gasteiger partial charge in [0.05, 0.1) is 5.02 Å². The maximum atomic E-state index is 14.4. The van der Waals surface area contributed by atoms with Gasteiger partial charge in [-0.25, -0.2) is 9.37 Å². The summed E-state index contributed by atoms with van der Waals surface area (Å²) in [6.45, 7) is 5.40. The molecule has 0 aliphatic carbocycles. The first-order valence-electron chi connectivity index (χ1n) is 9.62. The second-order valence-electron chi connectivity index (χ2n) is 7.41. The molecule has 9 heteroatoms. The number of rotatable bonds is 7. The lowest BCUT2D eigenvalue weighted by atomic mass is 10.00. The zero-order chi connectivity index (χ0) is 22.7. The summed E-state index contributed by atoms with van der Waals surface area (Å²) in [4.78, 5) is 44.0. The minimum absolute atomic E-state index is 0.0762. The fourth-order valence-electron chi connectivity index (χ4n) is 3.38. The van der Waals surface area contributed by atoms with Gasteiger partial charge in [0.25, 0.3) is 5.91 Å². The van der Waals surface area contributed by atoms with E-state index in [9.17, 15) is 18.8 Å². The van der Waals surface area contributed by atoms with Crippen molar-refractivity contribution in [3.63, 3.8) is 0 Å². The van der Waals surface area contributed by atoms with Gasteiger partial charge < -0.3 is 10.6 Å². The number of nitrogens with two attached hydrogens (primary N) is 1. The van der Waals surface area contributed by atoms with Crippen molar-refractivity contribution in [2.75, 3.05) is 11.4 Å². The molecule has 1 atom stereocenters. The number of anilines is 1. The predicted octanol–water partition coefficient (Wildman–Crippen LogP) is 2.75. The second-order valence-corrected chi connectivity index (χ2v) is 7.85. The number of nitrogens with zero attached hydrogens (tertiary/aromatic N) is 3. The van der Waals surface area contributed by atoms with E-state index in [0.29, 0.717) is 0 Å². The summed E-state index contributed by atoms with van der Waals surface area (Å²) in [5.41, 5.74) is 7.30. The molecule has 1 aliphatic heterocycles. The van der Waals surface area contributed by atoms with Crippen molar-refractivity contribution in [3.05, 3.63) is 70.6 Å². The van der Waals surface area contributed by atoms with E-state index in [1.807, 2.05) is 31.2 Å². The average molecular weight is 445 g/mol. The van der Waals surface area contributed by atoms with E-state index in [1.165, 1.54) is 11.1 Å². The highest BCUT2D eigenvalue weighted by molar-refractivity contribution is 6.30. The smallest absolute Gasteiger partial charge is 0.251 e. The first kappa shape index (κ1) is 22.4. The average Bonchev–Trinajstić information content (AvgIpc) is 2.71. The maximum Gasteiger partial charge on any atom is 0.251 e. The highest BCUT2D eigenvalue weighted by atomic mass is 35.5. The van der Waals surface area contributed by atoms with E-state index in [2.05, 4.69) is 11.6 Å². The fourth-order valence-corrected chi connectivity index (χ4v) is 3.52. The van der Waals surface area contributed by atoms with Crippen LogP contribution in [-0.2, 0) is 20.9 Å². The van der Waals surface area contributed by atoms with Crippen LogP contribution in [0.2, 0.25) is 5.02 Å². The Kier molecular flexibility index (Phi) is 6.70. The molecule has 2 N–H and O–H groups in total. The van der Waals surface area contributed by atoms with E-state index in [0.717, 1.165) is 22.1 Å². The van der Waals surface area contributed by atoms with Crippen molar-refractivity contribution in [2.45, 2.75) is 32.4 Å². The molecule has 162 valence electrons. The van der Waals surface area contributed by atoms with Crippen molar-refractivity contribution in [3.8, 4) is 0 Å². The standard InChI is InChI=1S/C22H22ClFN4O3/c1-13-3-6-15(7-4-13)11-27-18(8-5-14(2)20(25)30)22(31)28(12-19(27)29)21-17(24)9-16(23)10-26-21/h3-4,6-7,9-10,18H,2,5,8,11-12H2,1H3,(H2,25,30). The zero-order valence-corrected chi connectivity index (χ0v) is 17.7. The first-order valence-corrected chi connectivity index (χ1v) is 10.00. The van der Waals surface area contributed by atoms with Gasteiger partial charge in [0.2, 0.25) is 11.8 Å². The molecule has 1 saturated heterocycles. The van der Waals surface area contributed by atoms with Crippen LogP contribution in [0.4, 0.5) is 10.2 Å². The summed E-state index contributed by atoms with van der Waals surface area (Å²) < 4.78 is 14.4. The highest BCUT2D eigenvalue weighted by Gasteiger charge is 2.41. The quantitative estimate of drug-likeness (QED) is 0.664. The number of aryl methyl sites for hydroxylation is 1. The molecule has 1 unspecified atom stereocenters. The molecular weight excluding hydrogens is 423 g/mol. The van der Waals surface area contributed by atoms with E-state index in [-0.39, 0.29) is 48.3 Å². The summed E-state index contributed by atoms with van der Waals surface area (Å²) in [7, 11) is 0. The number of amides is 3. The molecule has 0 saturated carbocycles. The van der Waals surface area contributed by atoms with Crippen LogP contribution in [0.1, 0.15) is 24.0 Å². The second kappa shape index (κ2) is 9.26. The molecule has 7 nitrogen and oxygen atoms in total. The molecule has 0 bridgehead atoms. The number of carbonyl (C=O) groups is 3. The summed E-state index contributed by atoms with van der Waals surface area (Å²) in [5, 5.41) is 0.0762. The van der Waals surface area contributed by atoms with Gasteiger partial charge in [-0.3, -0.25) is 19.3 Å². The van der Waals surface area contributed by atoms with Crippen LogP contribution in [0.5, 0.6) is 0 Å². The number of aromatic nitrogens is 1. The lowest BCUT2D eigenvalue weighted by Gasteiger charge is -2.40. The topological polar surface area (TPSA) is 96.6 Å². The molecule has 1 fully saturated rings. The van der Waals surface area contributed by atoms with E-state index < -0.39 is 23.7 Å². The molecule has 2 heterocycles. The van der Waals surface area contributed by atoms with Crippen LogP contribution in [0.15, 0.2) is 48.7 Å². The van der Waals surface area contributed by atoms with Crippen molar-refractivity contribution in [2.24, 2.45) is 5.73 Å². The van der Waals surface area contributed by atoms with Crippen LogP contribution < -0.4 is 10.6 Å². The van der Waals surface area contributed by atoms with Gasteiger partial charge in [-0.15, -0.1) is 0 Å². The lowest BCUT2D eigenvalue weighted by Crippen LogP contribution is -2.60. The Bertz CT molecular complexity index is 1040. The Morgan fingerprint density at radius 3 is 2.61 bits per heavy atom. The van der Waals surface area contributed by atoms with E-state index in [1.54, 1.807) is 0 Å². The van der Waals surface area contributed by atoms with Gasteiger partial charge in [-0.05, 0) is 31.4 Å². The molecule has 31 heavy (non-hydrogen) atoms. The van der Waals surface area contributed by atoms with Crippen molar-refractivity contribution in [1.29, 1.82) is 0 Å². The van der Waals surface area contributed by atoms with Gasteiger partial charge in [-0.2, -0.15) is 0 Å². The lowest BCUT2D eigenvalue weighted by molar-refractivity contribution is -0.144.